The summed E-state index contributed by atoms with van der Waals surface area (Å²) >= 11 is 1.57. The lowest BCUT2D eigenvalue weighted by Gasteiger charge is -2.39. The first kappa shape index (κ1) is 16.3. The molecule has 3 rings (SSSR count). The molecule has 0 saturated carbocycles. The third-order valence-electron chi connectivity index (χ3n) is 4.68. The van der Waals surface area contributed by atoms with E-state index in [-0.39, 0.29) is 5.91 Å². The van der Waals surface area contributed by atoms with Gasteiger partial charge in [-0.1, -0.05) is 30.0 Å². The van der Waals surface area contributed by atoms with Crippen LogP contribution in [0, 0.1) is 6.92 Å². The Kier molecular flexibility index (Phi) is 4.90. The van der Waals surface area contributed by atoms with E-state index in [2.05, 4.69) is 37.8 Å². The number of amides is 1. The highest BCUT2D eigenvalue weighted by Crippen LogP contribution is 2.27. The van der Waals surface area contributed by atoms with Crippen LogP contribution >= 0.6 is 11.8 Å². The lowest BCUT2D eigenvalue weighted by Crippen LogP contribution is -2.48. The van der Waals surface area contributed by atoms with E-state index >= 15 is 0 Å². The number of hydrogen-bond donors (Lipinski definition) is 0. The summed E-state index contributed by atoms with van der Waals surface area (Å²) in [5.41, 5.74) is 2.13. The first-order valence-electron chi connectivity index (χ1n) is 8.36. The van der Waals surface area contributed by atoms with Gasteiger partial charge in [0.2, 0.25) is 5.91 Å². The number of aryl methyl sites for hydroxylation is 1. The van der Waals surface area contributed by atoms with Crippen LogP contribution in [0.1, 0.15) is 38.7 Å². The van der Waals surface area contributed by atoms with E-state index in [4.69, 9.17) is 4.98 Å². The van der Waals surface area contributed by atoms with Gasteiger partial charge in [0.05, 0.1) is 11.3 Å². The zero-order valence-electron chi connectivity index (χ0n) is 14.1. The van der Waals surface area contributed by atoms with Crippen molar-refractivity contribution in [1.82, 2.24) is 9.88 Å². The Morgan fingerprint density at radius 1 is 1.26 bits per heavy atom. The number of pyridine rings is 1. The van der Waals surface area contributed by atoms with Gasteiger partial charge in [-0.05, 0) is 57.7 Å². The molecule has 2 aromatic rings. The number of para-hydroxylation sites is 1. The third kappa shape index (κ3) is 3.52. The molecule has 122 valence electrons. The summed E-state index contributed by atoms with van der Waals surface area (Å²) in [5.74, 6) is 0.713. The Bertz CT molecular complexity index is 706. The van der Waals surface area contributed by atoms with E-state index in [1.165, 1.54) is 6.42 Å². The van der Waals surface area contributed by atoms with Gasteiger partial charge in [0.15, 0.2) is 0 Å². The molecule has 0 unspecified atom stereocenters. The molecule has 1 fully saturated rings. The molecule has 0 N–H and O–H groups in total. The molecule has 0 aliphatic carbocycles. The molecule has 0 bridgehead atoms. The first-order chi connectivity index (χ1) is 11.1. The van der Waals surface area contributed by atoms with E-state index in [1.54, 1.807) is 11.8 Å². The van der Waals surface area contributed by atoms with E-state index in [0.29, 0.717) is 17.8 Å². The summed E-state index contributed by atoms with van der Waals surface area (Å²) in [6.07, 6.45) is 3.46. The van der Waals surface area contributed by atoms with Gasteiger partial charge < -0.3 is 4.90 Å². The molecule has 4 heteroatoms. The molecule has 1 aliphatic heterocycles. The number of rotatable bonds is 3. The van der Waals surface area contributed by atoms with Gasteiger partial charge in [-0.15, -0.1) is 0 Å². The van der Waals surface area contributed by atoms with Crippen molar-refractivity contribution < 1.29 is 4.79 Å². The monoisotopic (exact) mass is 328 g/mol. The predicted octanol–water partition coefficient (Wildman–Crippen LogP) is 4.42. The number of piperidine rings is 1. The quantitative estimate of drug-likeness (QED) is 0.782. The van der Waals surface area contributed by atoms with Gasteiger partial charge in [0.1, 0.15) is 5.03 Å². The molecule has 1 aliphatic rings. The Morgan fingerprint density at radius 2 is 1.96 bits per heavy atom. The van der Waals surface area contributed by atoms with E-state index in [1.807, 2.05) is 18.2 Å². The lowest BCUT2D eigenvalue weighted by molar-refractivity contribution is -0.134. The highest BCUT2D eigenvalue weighted by Gasteiger charge is 2.28. The first-order valence-corrected chi connectivity index (χ1v) is 9.35. The van der Waals surface area contributed by atoms with Crippen LogP contribution in [0.3, 0.4) is 0 Å². The Balaban J connectivity index is 1.72. The van der Waals surface area contributed by atoms with Gasteiger partial charge in [0.25, 0.3) is 0 Å². The Labute approximate surface area is 142 Å². The number of carbonyl (C=O) groups excluding carboxylic acids is 1. The van der Waals surface area contributed by atoms with Gasteiger partial charge >= 0.3 is 0 Å². The molecule has 1 aromatic carbocycles. The SMILES string of the molecule is Cc1cc2ccccc2nc1SCC(=O)N1[C@H](C)CCC[C@@H]1C. The van der Waals surface area contributed by atoms with Crippen molar-refractivity contribution in [3.63, 3.8) is 0 Å². The largest absolute Gasteiger partial charge is 0.337 e. The van der Waals surface area contributed by atoms with Gasteiger partial charge in [-0.3, -0.25) is 4.79 Å². The van der Waals surface area contributed by atoms with Crippen LogP contribution in [-0.2, 0) is 4.79 Å². The predicted molar refractivity (Wildman–Crippen MR) is 96.8 cm³/mol. The zero-order chi connectivity index (χ0) is 16.4. The number of fused-ring (bicyclic) bond motifs is 1. The number of thioether (sulfide) groups is 1. The molecule has 0 spiro atoms. The second-order valence-electron chi connectivity index (χ2n) is 6.52. The second-order valence-corrected chi connectivity index (χ2v) is 7.49. The normalized spacial score (nSPS) is 21.6. The van der Waals surface area contributed by atoms with Crippen molar-refractivity contribution in [3.05, 3.63) is 35.9 Å². The minimum Gasteiger partial charge on any atom is -0.337 e. The minimum absolute atomic E-state index is 0.240. The molecule has 3 nitrogen and oxygen atoms in total. The van der Waals surface area contributed by atoms with Gasteiger partial charge in [-0.2, -0.15) is 0 Å². The lowest BCUT2D eigenvalue weighted by atomic mass is 9.98. The summed E-state index contributed by atoms with van der Waals surface area (Å²) in [4.78, 5) is 19.4. The van der Waals surface area contributed by atoms with Crippen molar-refractivity contribution in [2.24, 2.45) is 0 Å². The zero-order valence-corrected chi connectivity index (χ0v) is 14.9. The summed E-state index contributed by atoms with van der Waals surface area (Å²) in [7, 11) is 0. The molecule has 1 saturated heterocycles. The number of likely N-dealkylation sites (tertiary alicyclic amines) is 1. The Hall–Kier alpha value is -1.55. The number of carbonyl (C=O) groups is 1. The highest BCUT2D eigenvalue weighted by molar-refractivity contribution is 7.99. The molecular weight excluding hydrogens is 304 g/mol. The average molecular weight is 328 g/mol. The summed E-state index contributed by atoms with van der Waals surface area (Å²) in [5, 5.41) is 2.12. The van der Waals surface area contributed by atoms with Crippen LogP contribution in [0.5, 0.6) is 0 Å². The molecule has 23 heavy (non-hydrogen) atoms. The van der Waals surface area contributed by atoms with Crippen LogP contribution in [-0.4, -0.2) is 33.6 Å². The summed E-state index contributed by atoms with van der Waals surface area (Å²) in [6.45, 7) is 6.40. The fourth-order valence-electron chi connectivity index (χ4n) is 3.47. The van der Waals surface area contributed by atoms with Crippen molar-refractivity contribution in [1.29, 1.82) is 0 Å². The smallest absolute Gasteiger partial charge is 0.233 e. The summed E-state index contributed by atoms with van der Waals surface area (Å²) in [6, 6.07) is 11.0. The minimum atomic E-state index is 0.240. The number of aromatic nitrogens is 1. The van der Waals surface area contributed by atoms with Crippen LogP contribution < -0.4 is 0 Å². The van der Waals surface area contributed by atoms with Crippen molar-refractivity contribution in [3.8, 4) is 0 Å². The van der Waals surface area contributed by atoms with Gasteiger partial charge in [0, 0.05) is 17.5 Å². The highest BCUT2D eigenvalue weighted by atomic mass is 32.2. The second kappa shape index (κ2) is 6.91. The van der Waals surface area contributed by atoms with Crippen LogP contribution in [0.4, 0.5) is 0 Å². The molecule has 0 radical (unpaired) electrons. The Morgan fingerprint density at radius 3 is 2.70 bits per heavy atom. The van der Waals surface area contributed by atoms with Gasteiger partial charge in [-0.25, -0.2) is 4.98 Å². The number of benzene rings is 1. The van der Waals surface area contributed by atoms with Crippen LogP contribution in [0.15, 0.2) is 35.4 Å². The maximum atomic E-state index is 12.6. The van der Waals surface area contributed by atoms with Crippen LogP contribution in [0.2, 0.25) is 0 Å². The average Bonchev–Trinajstić information content (AvgIpc) is 2.52. The molecule has 1 amide bonds. The third-order valence-corrected chi connectivity index (χ3v) is 5.76. The fourth-order valence-corrected chi connectivity index (χ4v) is 4.33. The molecule has 1 aromatic heterocycles. The molecule has 2 heterocycles. The number of hydrogen-bond acceptors (Lipinski definition) is 3. The molecular formula is C19H24N2OS. The van der Waals surface area contributed by atoms with Crippen molar-refractivity contribution in [2.45, 2.75) is 57.1 Å². The molecule has 2 atom stereocenters. The van der Waals surface area contributed by atoms with Crippen molar-refractivity contribution >= 4 is 28.6 Å². The van der Waals surface area contributed by atoms with E-state index < -0.39 is 0 Å². The number of nitrogens with zero attached hydrogens (tertiary/aromatic N) is 2. The van der Waals surface area contributed by atoms with Crippen molar-refractivity contribution in [2.75, 3.05) is 5.75 Å². The maximum Gasteiger partial charge on any atom is 0.233 e. The topological polar surface area (TPSA) is 33.2 Å². The van der Waals surface area contributed by atoms with E-state index in [9.17, 15) is 4.79 Å². The summed E-state index contributed by atoms with van der Waals surface area (Å²) < 4.78 is 0. The fraction of sp³-hybridized carbons (Fsp3) is 0.474. The van der Waals surface area contributed by atoms with E-state index in [0.717, 1.165) is 34.3 Å². The maximum absolute atomic E-state index is 12.6. The van der Waals surface area contributed by atoms with Crippen LogP contribution in [0.25, 0.3) is 10.9 Å². The standard InChI is InChI=1S/C19H24N2OS/c1-13-11-16-9-4-5-10-17(16)20-19(13)23-12-18(22)21-14(2)7-6-8-15(21)3/h4-5,9-11,14-15H,6-8,12H2,1-3H3/t14-,15+.